The van der Waals surface area contributed by atoms with Gasteiger partial charge < -0.3 is 20.2 Å². The molecule has 5 heterocycles. The van der Waals surface area contributed by atoms with E-state index in [0.717, 1.165) is 61.0 Å². The van der Waals surface area contributed by atoms with Crippen molar-refractivity contribution in [3.8, 4) is 0 Å². The lowest BCUT2D eigenvalue weighted by Crippen LogP contribution is -1.98. The number of carboxylic acid groups (broad SMARTS) is 2. The standard InChI is InChI=1S/C33H32N4O4/c1-7-20-16(3)24-12-25-19(6)23(11-33(40)41)31(37-25)15-30-22(9-10-32(38)39)18(5)27(36-30)14-29-21(8-2)17(4)26(35-29)13-28(20)34-24/h7-8,12-15,34-35H,1-2,9-11H2,3-6H3,(H,38,39)(H,40,41). The third-order valence-electron chi connectivity index (χ3n) is 7.96. The van der Waals surface area contributed by atoms with Crippen LogP contribution in [0, 0.1) is 13.8 Å². The first kappa shape index (κ1) is 27.6. The molecule has 8 nitrogen and oxygen atoms in total. The topological polar surface area (TPSA) is 132 Å². The van der Waals surface area contributed by atoms with Gasteiger partial charge >= 0.3 is 11.9 Å². The normalized spacial score (nSPS) is 13.1. The van der Waals surface area contributed by atoms with Crippen molar-refractivity contribution in [3.63, 3.8) is 0 Å². The molecule has 208 valence electrons. The Bertz CT molecular complexity index is 1900. The van der Waals surface area contributed by atoms with Gasteiger partial charge in [0.15, 0.2) is 0 Å². The molecular formula is C33H32N4O4. The number of hydrogen-bond acceptors (Lipinski definition) is 4. The Hall–Kier alpha value is -4.98. The third kappa shape index (κ3) is 4.93. The number of aromatic nitrogens is 4. The molecule has 0 amide bonds. The largest absolute Gasteiger partial charge is 0.481 e. The van der Waals surface area contributed by atoms with E-state index in [9.17, 15) is 19.8 Å². The molecular weight excluding hydrogens is 516 g/mol. The Kier molecular flexibility index (Phi) is 7.09. The zero-order valence-corrected chi connectivity index (χ0v) is 23.6. The summed E-state index contributed by atoms with van der Waals surface area (Å²) in [5, 5.41) is 19.1. The van der Waals surface area contributed by atoms with Gasteiger partial charge in [-0.3, -0.25) is 9.59 Å². The highest BCUT2D eigenvalue weighted by molar-refractivity contribution is 6.00. The van der Waals surface area contributed by atoms with Crippen molar-refractivity contribution in [3.05, 3.63) is 82.5 Å². The smallest absolute Gasteiger partial charge is 0.307 e. The fourth-order valence-electron chi connectivity index (χ4n) is 5.59. The molecule has 0 saturated heterocycles. The quantitative estimate of drug-likeness (QED) is 0.243. The summed E-state index contributed by atoms with van der Waals surface area (Å²) in [6.07, 6.45) is 3.66. The molecule has 0 atom stereocenters. The molecule has 3 aromatic rings. The lowest BCUT2D eigenvalue weighted by molar-refractivity contribution is -0.137. The van der Waals surface area contributed by atoms with Crippen molar-refractivity contribution in [2.24, 2.45) is 0 Å². The molecule has 2 aliphatic heterocycles. The Morgan fingerprint density at radius 1 is 0.707 bits per heavy atom. The summed E-state index contributed by atoms with van der Waals surface area (Å²) in [6, 6.07) is 7.71. The molecule has 41 heavy (non-hydrogen) atoms. The van der Waals surface area contributed by atoms with Gasteiger partial charge in [0.1, 0.15) is 0 Å². The van der Waals surface area contributed by atoms with Crippen LogP contribution < -0.4 is 0 Å². The maximum Gasteiger partial charge on any atom is 0.307 e. The van der Waals surface area contributed by atoms with Crippen LogP contribution in [0.25, 0.3) is 56.5 Å². The maximum atomic E-state index is 11.8. The van der Waals surface area contributed by atoms with Gasteiger partial charge in [0.05, 0.1) is 29.2 Å². The second-order valence-corrected chi connectivity index (χ2v) is 10.4. The van der Waals surface area contributed by atoms with Crippen LogP contribution in [0.1, 0.15) is 78.1 Å². The molecule has 0 radical (unpaired) electrons. The van der Waals surface area contributed by atoms with Crippen molar-refractivity contribution in [2.75, 3.05) is 0 Å². The van der Waals surface area contributed by atoms with E-state index in [0.29, 0.717) is 28.3 Å². The highest BCUT2D eigenvalue weighted by Crippen LogP contribution is 2.37. The Morgan fingerprint density at radius 3 is 1.73 bits per heavy atom. The molecule has 2 aliphatic rings. The van der Waals surface area contributed by atoms with Gasteiger partial charge in [-0.15, -0.1) is 0 Å². The lowest BCUT2D eigenvalue weighted by atomic mass is 9.99. The molecule has 8 bridgehead atoms. The van der Waals surface area contributed by atoms with Crippen LogP contribution in [0.5, 0.6) is 0 Å². The third-order valence-corrected chi connectivity index (χ3v) is 7.96. The summed E-state index contributed by atoms with van der Waals surface area (Å²) in [6.45, 7) is 15.9. The SMILES string of the molecule is C=Cc1c(C)c2cc3[nH]c(cc4nc(cc5nc(cc1[nH]2)C(C)=C5CCC(=O)O)C(CC(=O)O)=C4C)c(C)c3C=C. The van der Waals surface area contributed by atoms with Crippen LogP contribution in [-0.2, 0) is 9.59 Å². The number of carboxylic acids is 2. The number of aryl methyl sites for hydroxylation is 2. The monoisotopic (exact) mass is 548 g/mol. The lowest BCUT2D eigenvalue weighted by Gasteiger charge is -2.04. The summed E-state index contributed by atoms with van der Waals surface area (Å²) in [5.41, 5.74) is 12.9. The fraction of sp³-hybridized carbons (Fsp3) is 0.212. The molecule has 4 N–H and O–H groups in total. The van der Waals surface area contributed by atoms with Gasteiger partial charge in [-0.2, -0.15) is 0 Å². The molecule has 0 saturated carbocycles. The number of aromatic amines is 2. The van der Waals surface area contributed by atoms with E-state index in [-0.39, 0.29) is 19.3 Å². The predicted octanol–water partition coefficient (Wildman–Crippen LogP) is 7.42. The van der Waals surface area contributed by atoms with Crippen LogP contribution in [0.3, 0.4) is 0 Å². The molecule has 0 spiro atoms. The van der Waals surface area contributed by atoms with Crippen LogP contribution in [0.4, 0.5) is 0 Å². The maximum absolute atomic E-state index is 11.8. The minimum absolute atomic E-state index is 0.0558. The number of rotatable bonds is 7. The highest BCUT2D eigenvalue weighted by atomic mass is 16.4. The molecule has 0 aliphatic carbocycles. The second-order valence-electron chi connectivity index (χ2n) is 10.4. The summed E-state index contributed by atoms with van der Waals surface area (Å²) >= 11 is 0. The first-order chi connectivity index (χ1) is 19.5. The molecule has 0 aromatic carbocycles. The fourth-order valence-corrected chi connectivity index (χ4v) is 5.59. The van der Waals surface area contributed by atoms with E-state index in [1.807, 2.05) is 58.0 Å². The van der Waals surface area contributed by atoms with Gasteiger partial charge in [-0.05, 0) is 91.8 Å². The molecule has 5 rings (SSSR count). The number of nitrogens with zero attached hydrogens (tertiary/aromatic N) is 2. The van der Waals surface area contributed by atoms with E-state index < -0.39 is 11.9 Å². The van der Waals surface area contributed by atoms with E-state index >= 15 is 0 Å². The van der Waals surface area contributed by atoms with E-state index in [4.69, 9.17) is 9.97 Å². The summed E-state index contributed by atoms with van der Waals surface area (Å²) in [4.78, 5) is 40.1. The summed E-state index contributed by atoms with van der Waals surface area (Å²) in [5.74, 6) is -1.87. The summed E-state index contributed by atoms with van der Waals surface area (Å²) < 4.78 is 0. The first-order valence-electron chi connectivity index (χ1n) is 13.4. The zero-order valence-electron chi connectivity index (χ0n) is 23.6. The Morgan fingerprint density at radius 2 is 1.20 bits per heavy atom. The number of H-pyrrole nitrogens is 2. The van der Waals surface area contributed by atoms with Crippen molar-refractivity contribution in [1.29, 1.82) is 0 Å². The van der Waals surface area contributed by atoms with Crippen molar-refractivity contribution in [1.82, 2.24) is 19.9 Å². The first-order valence-corrected chi connectivity index (χ1v) is 13.4. The number of fused-ring (bicyclic) bond motifs is 8. The predicted molar refractivity (Wildman–Crippen MR) is 165 cm³/mol. The van der Waals surface area contributed by atoms with Crippen LogP contribution in [-0.4, -0.2) is 42.1 Å². The van der Waals surface area contributed by atoms with E-state index in [1.165, 1.54) is 0 Å². The van der Waals surface area contributed by atoms with E-state index in [2.05, 4.69) is 23.1 Å². The average Bonchev–Trinajstić information content (AvgIpc) is 3.57. The number of allylic oxidation sites excluding steroid dienone is 3. The Labute approximate surface area is 237 Å². The highest BCUT2D eigenvalue weighted by Gasteiger charge is 2.23. The number of hydrogen-bond donors (Lipinski definition) is 4. The molecule has 3 aromatic heterocycles. The van der Waals surface area contributed by atoms with Crippen LogP contribution >= 0.6 is 0 Å². The van der Waals surface area contributed by atoms with Gasteiger partial charge in [-0.25, -0.2) is 9.97 Å². The minimum Gasteiger partial charge on any atom is -0.481 e. The van der Waals surface area contributed by atoms with Crippen molar-refractivity contribution >= 4 is 68.4 Å². The van der Waals surface area contributed by atoms with Crippen LogP contribution in [0.2, 0.25) is 0 Å². The van der Waals surface area contributed by atoms with Gasteiger partial charge in [0, 0.05) is 39.6 Å². The van der Waals surface area contributed by atoms with Crippen molar-refractivity contribution in [2.45, 2.75) is 47.0 Å². The molecule has 0 fully saturated rings. The van der Waals surface area contributed by atoms with Gasteiger partial charge in [0.2, 0.25) is 0 Å². The van der Waals surface area contributed by atoms with Crippen LogP contribution in [0.15, 0.2) is 37.4 Å². The molecule has 8 heteroatoms. The minimum atomic E-state index is -0.962. The number of carbonyl (C=O) groups is 2. The number of aliphatic carboxylic acids is 2. The number of nitrogens with one attached hydrogen (secondary N) is 2. The Balaban J connectivity index is 1.96. The average molecular weight is 549 g/mol. The zero-order chi connectivity index (χ0) is 29.6. The van der Waals surface area contributed by atoms with Gasteiger partial charge in [0.25, 0.3) is 0 Å². The van der Waals surface area contributed by atoms with Gasteiger partial charge in [-0.1, -0.05) is 25.3 Å². The van der Waals surface area contributed by atoms with E-state index in [1.54, 1.807) is 6.07 Å². The summed E-state index contributed by atoms with van der Waals surface area (Å²) in [7, 11) is 0. The van der Waals surface area contributed by atoms with Crippen molar-refractivity contribution < 1.29 is 19.8 Å². The second kappa shape index (κ2) is 10.5. The molecule has 0 unspecified atom stereocenters.